The van der Waals surface area contributed by atoms with Gasteiger partial charge in [-0.3, -0.25) is 0 Å². The van der Waals surface area contributed by atoms with Crippen molar-refractivity contribution in [3.63, 3.8) is 0 Å². The summed E-state index contributed by atoms with van der Waals surface area (Å²) in [5, 5.41) is 3.71. The van der Waals surface area contributed by atoms with Gasteiger partial charge in [-0.15, -0.1) is 0 Å². The lowest BCUT2D eigenvalue weighted by Crippen LogP contribution is -2.23. The first-order chi connectivity index (χ1) is 11.0. The van der Waals surface area contributed by atoms with Gasteiger partial charge >= 0.3 is 0 Å². The summed E-state index contributed by atoms with van der Waals surface area (Å²) >= 11 is 0. The van der Waals surface area contributed by atoms with Crippen LogP contribution in [0.1, 0.15) is 41.5 Å². The van der Waals surface area contributed by atoms with Crippen LogP contribution in [-0.2, 0) is 0 Å². The molecule has 2 aromatic rings. The molecule has 0 aliphatic rings. The molecule has 0 fully saturated rings. The van der Waals surface area contributed by atoms with E-state index < -0.39 is 0 Å². The van der Waals surface area contributed by atoms with Gasteiger partial charge in [0.15, 0.2) is 0 Å². The van der Waals surface area contributed by atoms with Gasteiger partial charge in [-0.05, 0) is 45.4 Å². The van der Waals surface area contributed by atoms with E-state index in [-0.39, 0.29) is 15.8 Å². The molecule has 2 rings (SSSR count). The van der Waals surface area contributed by atoms with Crippen molar-refractivity contribution < 1.29 is 0 Å². The van der Waals surface area contributed by atoms with E-state index in [0.717, 1.165) is 0 Å². The minimum absolute atomic E-state index is 0.214. The highest BCUT2D eigenvalue weighted by Gasteiger charge is 2.27. The molecule has 2 heteroatoms. The van der Waals surface area contributed by atoms with E-state index in [0.29, 0.717) is 10.3 Å². The van der Waals surface area contributed by atoms with Gasteiger partial charge in [0.05, 0.1) is 0 Å². The van der Waals surface area contributed by atoms with Crippen molar-refractivity contribution in [2.45, 2.75) is 51.9 Å². The first-order valence-corrected chi connectivity index (χ1v) is 12.3. The summed E-state index contributed by atoms with van der Waals surface area (Å²) in [6.07, 6.45) is 0. The second-order valence-electron chi connectivity index (χ2n) is 8.49. The van der Waals surface area contributed by atoms with Crippen LogP contribution in [0.2, 0.25) is 0 Å². The molecule has 0 aromatic heterocycles. The SMILES string of the molecule is C[P@](c1ccccc1-c1ccccc1[P@@](C)C(C)(C)C)C(C)(C)C. The van der Waals surface area contributed by atoms with Crippen molar-refractivity contribution in [3.8, 4) is 11.1 Å². The molecule has 0 nitrogen and oxygen atoms in total. The van der Waals surface area contributed by atoms with Crippen LogP contribution >= 0.6 is 15.8 Å². The molecule has 0 unspecified atom stereocenters. The molecule has 0 aliphatic heterocycles. The highest BCUT2D eigenvalue weighted by molar-refractivity contribution is 7.67. The minimum atomic E-state index is -0.214. The fraction of sp³-hybridized carbons (Fsp3) is 0.455. The van der Waals surface area contributed by atoms with Crippen molar-refractivity contribution in [2.75, 3.05) is 13.3 Å². The lowest BCUT2D eigenvalue weighted by Gasteiger charge is -2.32. The normalized spacial score (nSPS) is 15.2. The molecule has 0 saturated heterocycles. The van der Waals surface area contributed by atoms with E-state index in [1.165, 1.54) is 21.7 Å². The van der Waals surface area contributed by atoms with Crippen molar-refractivity contribution in [2.24, 2.45) is 0 Å². The molecule has 2 aromatic carbocycles. The molecule has 0 N–H and O–H groups in total. The maximum atomic E-state index is 2.43. The Bertz CT molecular complexity index is 628. The maximum Gasteiger partial charge on any atom is -0.0100 e. The first-order valence-electron chi connectivity index (χ1n) is 8.69. The molecule has 130 valence electrons. The molecule has 0 bridgehead atoms. The molecule has 0 amide bonds. The minimum Gasteiger partial charge on any atom is -0.0723 e. The first kappa shape index (κ1) is 19.6. The molecule has 0 aliphatic carbocycles. The summed E-state index contributed by atoms with van der Waals surface area (Å²) in [7, 11) is -0.427. The van der Waals surface area contributed by atoms with E-state index in [4.69, 9.17) is 0 Å². The molecule has 2 atom stereocenters. The monoisotopic (exact) mass is 358 g/mol. The smallest absolute Gasteiger partial charge is 0.0100 e. The fourth-order valence-electron chi connectivity index (χ4n) is 2.71. The zero-order valence-corrected chi connectivity index (χ0v) is 18.3. The van der Waals surface area contributed by atoms with Crippen LogP contribution in [0.25, 0.3) is 11.1 Å². The van der Waals surface area contributed by atoms with Gasteiger partial charge in [0.25, 0.3) is 0 Å². The van der Waals surface area contributed by atoms with E-state index in [1.807, 2.05) is 0 Å². The quantitative estimate of drug-likeness (QED) is 0.555. The van der Waals surface area contributed by atoms with Gasteiger partial charge < -0.3 is 0 Å². The van der Waals surface area contributed by atoms with E-state index in [9.17, 15) is 0 Å². The second kappa shape index (κ2) is 7.27. The third-order valence-corrected chi connectivity index (χ3v) is 11.1. The maximum absolute atomic E-state index is 2.43. The number of hydrogen-bond acceptors (Lipinski definition) is 0. The lowest BCUT2D eigenvalue weighted by molar-refractivity contribution is 0.790. The Kier molecular flexibility index (Phi) is 5.95. The number of rotatable bonds is 3. The van der Waals surface area contributed by atoms with E-state index >= 15 is 0 Å². The highest BCUT2D eigenvalue weighted by atomic mass is 31.1. The Morgan fingerprint density at radius 2 is 0.833 bits per heavy atom. The molecule has 24 heavy (non-hydrogen) atoms. The van der Waals surface area contributed by atoms with Crippen LogP contribution in [0.3, 0.4) is 0 Å². The zero-order valence-electron chi connectivity index (χ0n) is 16.5. The van der Waals surface area contributed by atoms with Crippen molar-refractivity contribution in [1.82, 2.24) is 0 Å². The molecular weight excluding hydrogens is 326 g/mol. The second-order valence-corrected chi connectivity index (χ2v) is 14.4. The summed E-state index contributed by atoms with van der Waals surface area (Å²) in [5.74, 6) is 0. The Balaban J connectivity index is 2.63. The molecule has 0 heterocycles. The fourth-order valence-corrected chi connectivity index (χ4v) is 5.89. The lowest BCUT2D eigenvalue weighted by atomic mass is 10.1. The van der Waals surface area contributed by atoms with Crippen LogP contribution in [-0.4, -0.2) is 23.6 Å². The van der Waals surface area contributed by atoms with Crippen LogP contribution < -0.4 is 10.6 Å². The standard InChI is InChI=1S/C22H32P2/c1-21(2,3)23(7)19-15-11-9-13-17(19)18-14-10-12-16-20(18)24(8)22(4,5)6/h9-16H,1-8H3/t23-,24-/m1/s1. The molecular formula is C22H32P2. The molecule has 0 saturated carbocycles. The highest BCUT2D eigenvalue weighted by Crippen LogP contribution is 2.49. The number of benzene rings is 2. The van der Waals surface area contributed by atoms with E-state index in [1.54, 1.807) is 0 Å². The Hall–Kier alpha value is -0.700. The van der Waals surface area contributed by atoms with Crippen LogP contribution in [0.15, 0.2) is 48.5 Å². The zero-order chi connectivity index (χ0) is 18.1. The summed E-state index contributed by atoms with van der Waals surface area (Å²) < 4.78 is 0. The van der Waals surface area contributed by atoms with Crippen LogP contribution in [0, 0.1) is 0 Å². The largest absolute Gasteiger partial charge is 0.0723 e. The van der Waals surface area contributed by atoms with E-state index in [2.05, 4.69) is 103 Å². The van der Waals surface area contributed by atoms with Gasteiger partial charge in [0, 0.05) is 0 Å². The summed E-state index contributed by atoms with van der Waals surface area (Å²) in [6.45, 7) is 19.0. The van der Waals surface area contributed by atoms with Crippen molar-refractivity contribution in [3.05, 3.63) is 48.5 Å². The van der Waals surface area contributed by atoms with Gasteiger partial charge in [-0.1, -0.05) is 106 Å². The topological polar surface area (TPSA) is 0 Å². The van der Waals surface area contributed by atoms with Gasteiger partial charge in [-0.2, -0.15) is 0 Å². The van der Waals surface area contributed by atoms with Crippen LogP contribution in [0.5, 0.6) is 0 Å². The molecule has 0 radical (unpaired) electrons. The number of hydrogen-bond donors (Lipinski definition) is 0. The van der Waals surface area contributed by atoms with Crippen LogP contribution in [0.4, 0.5) is 0 Å². The van der Waals surface area contributed by atoms with Gasteiger partial charge in [0.2, 0.25) is 0 Å². The van der Waals surface area contributed by atoms with Crippen molar-refractivity contribution >= 4 is 26.5 Å². The molecule has 0 spiro atoms. The Morgan fingerprint density at radius 1 is 0.542 bits per heavy atom. The average Bonchev–Trinajstić information content (AvgIpc) is 2.51. The van der Waals surface area contributed by atoms with Gasteiger partial charge in [0.1, 0.15) is 0 Å². The average molecular weight is 358 g/mol. The summed E-state index contributed by atoms with van der Waals surface area (Å²) in [4.78, 5) is 0. The predicted octanol–water partition coefficient (Wildman–Crippen LogP) is 6.42. The third kappa shape index (κ3) is 4.28. The summed E-state index contributed by atoms with van der Waals surface area (Å²) in [6, 6.07) is 18.1. The van der Waals surface area contributed by atoms with Gasteiger partial charge in [-0.25, -0.2) is 0 Å². The summed E-state index contributed by atoms with van der Waals surface area (Å²) in [5.41, 5.74) is 2.88. The predicted molar refractivity (Wildman–Crippen MR) is 116 cm³/mol. The van der Waals surface area contributed by atoms with Crippen molar-refractivity contribution in [1.29, 1.82) is 0 Å². The Labute approximate surface area is 151 Å². The third-order valence-electron chi connectivity index (χ3n) is 4.83. The Morgan fingerprint density at radius 3 is 1.12 bits per heavy atom.